The van der Waals surface area contributed by atoms with E-state index in [0.717, 1.165) is 11.1 Å². The van der Waals surface area contributed by atoms with Crippen molar-refractivity contribution in [2.45, 2.75) is 6.42 Å². The van der Waals surface area contributed by atoms with Gasteiger partial charge in [-0.15, -0.1) is 0 Å². The zero-order valence-electron chi connectivity index (χ0n) is 9.42. The fraction of sp³-hybridized carbons (Fsp3) is 0.0714. The van der Waals surface area contributed by atoms with Gasteiger partial charge in [0.25, 0.3) is 5.78 Å². The zero-order chi connectivity index (χ0) is 12.5. The monoisotopic (exact) mass is 239 g/mol. The summed E-state index contributed by atoms with van der Waals surface area (Å²) >= 11 is 0. The lowest BCUT2D eigenvalue weighted by Crippen LogP contribution is -2.10. The number of Topliss-reactive ketones (excluding diaryl/α,β-unsaturated/α-hetero) is 1. The molecular formula is C14H9NO3. The Labute approximate surface area is 103 Å². The van der Waals surface area contributed by atoms with Crippen LogP contribution in [0, 0.1) is 0 Å². The van der Waals surface area contributed by atoms with Crippen LogP contribution in [0.3, 0.4) is 0 Å². The Bertz CT molecular complexity index is 635. The summed E-state index contributed by atoms with van der Waals surface area (Å²) in [6, 6.07) is 9.03. The molecule has 0 unspecified atom stereocenters. The fourth-order valence-corrected chi connectivity index (χ4v) is 1.95. The summed E-state index contributed by atoms with van der Waals surface area (Å²) < 4.78 is 4.82. The molecule has 0 N–H and O–H groups in total. The molecule has 0 amide bonds. The van der Waals surface area contributed by atoms with E-state index in [1.54, 1.807) is 24.5 Å². The first-order chi connectivity index (χ1) is 8.74. The number of hydrogen-bond donors (Lipinski definition) is 0. The number of benzene rings is 1. The highest BCUT2D eigenvalue weighted by atomic mass is 16.5. The van der Waals surface area contributed by atoms with E-state index in [4.69, 9.17) is 4.74 Å². The predicted molar refractivity (Wildman–Crippen MR) is 63.5 cm³/mol. The minimum atomic E-state index is -0.802. The Morgan fingerprint density at radius 1 is 1.11 bits per heavy atom. The summed E-state index contributed by atoms with van der Waals surface area (Å²) in [5.74, 6) is -1.03. The number of esters is 1. The van der Waals surface area contributed by atoms with Gasteiger partial charge in [0.05, 0.1) is 5.56 Å². The maximum Gasteiger partial charge on any atom is 0.385 e. The van der Waals surface area contributed by atoms with E-state index >= 15 is 0 Å². The number of ketones is 1. The molecule has 1 aliphatic rings. The van der Waals surface area contributed by atoms with Crippen molar-refractivity contribution in [1.82, 2.24) is 4.98 Å². The Hall–Kier alpha value is -2.49. The van der Waals surface area contributed by atoms with Gasteiger partial charge in [0.2, 0.25) is 0 Å². The molecule has 4 nitrogen and oxygen atoms in total. The summed E-state index contributed by atoms with van der Waals surface area (Å²) in [6.45, 7) is 0. The largest absolute Gasteiger partial charge is 0.420 e. The number of rotatable bonds is 2. The van der Waals surface area contributed by atoms with Crippen molar-refractivity contribution < 1.29 is 14.3 Å². The summed E-state index contributed by atoms with van der Waals surface area (Å²) in [5.41, 5.74) is 2.35. The van der Waals surface area contributed by atoms with Crippen molar-refractivity contribution >= 4 is 11.8 Å². The van der Waals surface area contributed by atoms with Crippen LogP contribution in [0.5, 0.6) is 5.75 Å². The third-order valence-corrected chi connectivity index (χ3v) is 2.81. The summed E-state index contributed by atoms with van der Waals surface area (Å²) in [6.07, 6.45) is 4.15. The summed E-state index contributed by atoms with van der Waals surface area (Å²) in [5, 5.41) is 0. The van der Waals surface area contributed by atoms with Crippen molar-refractivity contribution in [3.63, 3.8) is 0 Å². The Balaban J connectivity index is 1.92. The van der Waals surface area contributed by atoms with Crippen LogP contribution < -0.4 is 4.74 Å². The van der Waals surface area contributed by atoms with Gasteiger partial charge < -0.3 is 4.74 Å². The Kier molecular flexibility index (Phi) is 2.41. The van der Waals surface area contributed by atoms with Gasteiger partial charge in [-0.25, -0.2) is 4.79 Å². The van der Waals surface area contributed by atoms with Crippen LogP contribution >= 0.6 is 0 Å². The van der Waals surface area contributed by atoms with Gasteiger partial charge >= 0.3 is 5.97 Å². The second-order valence-corrected chi connectivity index (χ2v) is 4.09. The average Bonchev–Trinajstić information content (AvgIpc) is 2.67. The lowest BCUT2D eigenvalue weighted by Gasteiger charge is -2.02. The number of pyridine rings is 1. The zero-order valence-corrected chi connectivity index (χ0v) is 9.42. The summed E-state index contributed by atoms with van der Waals surface area (Å²) in [4.78, 5) is 26.7. The molecule has 0 aliphatic carbocycles. The molecular weight excluding hydrogens is 230 g/mol. The van der Waals surface area contributed by atoms with Crippen LogP contribution in [0.25, 0.3) is 0 Å². The molecule has 0 spiro atoms. The van der Waals surface area contributed by atoms with E-state index in [1.807, 2.05) is 18.2 Å². The van der Waals surface area contributed by atoms with Gasteiger partial charge in [-0.2, -0.15) is 0 Å². The molecule has 0 saturated heterocycles. The van der Waals surface area contributed by atoms with E-state index in [9.17, 15) is 9.59 Å². The van der Waals surface area contributed by atoms with Crippen molar-refractivity contribution in [1.29, 1.82) is 0 Å². The number of fused-ring (bicyclic) bond motifs is 1. The summed E-state index contributed by atoms with van der Waals surface area (Å²) in [7, 11) is 0. The van der Waals surface area contributed by atoms with E-state index < -0.39 is 11.8 Å². The number of ether oxygens (including phenoxy) is 1. The van der Waals surface area contributed by atoms with Crippen LogP contribution in [-0.4, -0.2) is 16.7 Å². The van der Waals surface area contributed by atoms with E-state index in [1.165, 1.54) is 0 Å². The van der Waals surface area contributed by atoms with Crippen molar-refractivity contribution in [2.75, 3.05) is 0 Å². The lowest BCUT2D eigenvalue weighted by atomic mass is 10.0. The van der Waals surface area contributed by atoms with Crippen molar-refractivity contribution in [3.8, 4) is 5.75 Å². The molecule has 0 bridgehead atoms. The first kappa shape index (κ1) is 10.7. The molecule has 18 heavy (non-hydrogen) atoms. The molecule has 0 atom stereocenters. The smallest absolute Gasteiger partial charge is 0.385 e. The average molecular weight is 239 g/mol. The fourth-order valence-electron chi connectivity index (χ4n) is 1.95. The highest BCUT2D eigenvalue weighted by Crippen LogP contribution is 2.27. The van der Waals surface area contributed by atoms with Crippen molar-refractivity contribution in [2.24, 2.45) is 0 Å². The molecule has 1 aliphatic heterocycles. The first-order valence-electron chi connectivity index (χ1n) is 5.52. The quantitative estimate of drug-likeness (QED) is 0.455. The number of nitrogens with zero attached hydrogens (tertiary/aromatic N) is 1. The Morgan fingerprint density at radius 2 is 2.00 bits per heavy atom. The molecule has 1 aromatic heterocycles. The number of carbonyl (C=O) groups excluding carboxylic acids is 2. The van der Waals surface area contributed by atoms with Gasteiger partial charge in [-0.05, 0) is 35.7 Å². The molecule has 2 heterocycles. The van der Waals surface area contributed by atoms with Gasteiger partial charge in [-0.3, -0.25) is 9.78 Å². The van der Waals surface area contributed by atoms with Gasteiger partial charge in [0.1, 0.15) is 5.75 Å². The van der Waals surface area contributed by atoms with E-state index in [0.29, 0.717) is 17.7 Å². The molecule has 88 valence electrons. The first-order valence-corrected chi connectivity index (χ1v) is 5.52. The third kappa shape index (κ3) is 1.78. The molecule has 1 aromatic carbocycles. The van der Waals surface area contributed by atoms with Gasteiger partial charge in [0, 0.05) is 12.4 Å². The second-order valence-electron chi connectivity index (χ2n) is 4.09. The van der Waals surface area contributed by atoms with Crippen molar-refractivity contribution in [3.05, 3.63) is 59.4 Å². The standard InChI is InChI=1S/C14H9NO3/c16-13-11-7-9(3-4-12(11)18-14(13)17)6-10-2-1-5-15-8-10/h1-5,7-8H,6H2. The predicted octanol–water partition coefficient (Wildman–Crippen LogP) is 1.77. The molecule has 0 fully saturated rings. The number of hydrogen-bond acceptors (Lipinski definition) is 4. The maximum atomic E-state index is 11.5. The SMILES string of the molecule is O=C1Oc2ccc(Cc3cccnc3)cc2C1=O. The topological polar surface area (TPSA) is 56.3 Å². The highest BCUT2D eigenvalue weighted by Gasteiger charge is 2.30. The Morgan fingerprint density at radius 3 is 2.78 bits per heavy atom. The minimum absolute atomic E-state index is 0.347. The third-order valence-electron chi connectivity index (χ3n) is 2.81. The number of aromatic nitrogens is 1. The van der Waals surface area contributed by atoms with Crippen LogP contribution in [0.15, 0.2) is 42.7 Å². The molecule has 3 rings (SSSR count). The minimum Gasteiger partial charge on any atom is -0.420 e. The van der Waals surface area contributed by atoms with Crippen LogP contribution in [-0.2, 0) is 11.2 Å². The molecule has 0 radical (unpaired) electrons. The van der Waals surface area contributed by atoms with Crippen LogP contribution in [0.2, 0.25) is 0 Å². The normalized spacial score (nSPS) is 13.3. The highest BCUT2D eigenvalue weighted by molar-refractivity contribution is 6.44. The molecule has 0 saturated carbocycles. The second kappa shape index (κ2) is 4.07. The van der Waals surface area contributed by atoms with Gasteiger partial charge in [0.15, 0.2) is 0 Å². The lowest BCUT2D eigenvalue weighted by molar-refractivity contribution is -0.128. The maximum absolute atomic E-state index is 11.5. The van der Waals surface area contributed by atoms with E-state index in [-0.39, 0.29) is 0 Å². The van der Waals surface area contributed by atoms with Gasteiger partial charge in [-0.1, -0.05) is 12.1 Å². The molecule has 4 heteroatoms. The van der Waals surface area contributed by atoms with Crippen LogP contribution in [0.4, 0.5) is 0 Å². The van der Waals surface area contributed by atoms with Crippen LogP contribution in [0.1, 0.15) is 21.5 Å². The van der Waals surface area contributed by atoms with E-state index in [2.05, 4.69) is 4.98 Å². The number of carbonyl (C=O) groups is 2. The molecule has 2 aromatic rings.